The van der Waals surface area contributed by atoms with Crippen LogP contribution in [-0.4, -0.2) is 24.1 Å². The molecule has 0 fully saturated rings. The zero-order chi connectivity index (χ0) is 16.3. The quantitative estimate of drug-likeness (QED) is 0.726. The van der Waals surface area contributed by atoms with Gasteiger partial charge in [0.1, 0.15) is 5.60 Å². The number of rotatable bonds is 5. The van der Waals surface area contributed by atoms with Crippen LogP contribution in [0.2, 0.25) is 0 Å². The largest absolute Gasteiger partial charge is 0.378 e. The van der Waals surface area contributed by atoms with Gasteiger partial charge in [-0.05, 0) is 31.8 Å². The van der Waals surface area contributed by atoms with Crippen LogP contribution in [0.1, 0.15) is 22.3 Å². The van der Waals surface area contributed by atoms with E-state index >= 15 is 0 Å². The molecule has 0 saturated heterocycles. The third-order valence-corrected chi connectivity index (χ3v) is 4.17. The van der Waals surface area contributed by atoms with E-state index in [1.165, 1.54) is 0 Å². The predicted molar refractivity (Wildman–Crippen MR) is 94.4 cm³/mol. The summed E-state index contributed by atoms with van der Waals surface area (Å²) in [5.74, 6) is 0. The summed E-state index contributed by atoms with van der Waals surface area (Å²) in [7, 11) is 4.09. The zero-order valence-corrected chi connectivity index (χ0v) is 13.6. The molecule has 0 aliphatic heterocycles. The van der Waals surface area contributed by atoms with E-state index in [1.54, 1.807) is 0 Å². The SMILES string of the molecule is CN(C)Cc1cc[cH-]c1C(O)(c1ccccc1)c1ccccc1. The minimum atomic E-state index is -1.14. The van der Waals surface area contributed by atoms with Gasteiger partial charge in [0.05, 0.1) is 0 Å². The van der Waals surface area contributed by atoms with Gasteiger partial charge in [-0.3, -0.25) is 0 Å². The average molecular weight is 304 g/mol. The van der Waals surface area contributed by atoms with Crippen molar-refractivity contribution < 1.29 is 5.11 Å². The first-order valence-corrected chi connectivity index (χ1v) is 7.85. The fourth-order valence-electron chi connectivity index (χ4n) is 3.13. The third-order valence-electron chi connectivity index (χ3n) is 4.17. The second-order valence-corrected chi connectivity index (χ2v) is 6.14. The van der Waals surface area contributed by atoms with Crippen LogP contribution in [0.4, 0.5) is 0 Å². The molecule has 1 N–H and O–H groups in total. The highest BCUT2D eigenvalue weighted by Crippen LogP contribution is 2.38. The molecule has 0 spiro atoms. The zero-order valence-electron chi connectivity index (χ0n) is 13.6. The highest BCUT2D eigenvalue weighted by molar-refractivity contribution is 5.50. The van der Waals surface area contributed by atoms with Gasteiger partial charge in [-0.25, -0.2) is 6.07 Å². The van der Waals surface area contributed by atoms with Gasteiger partial charge in [-0.2, -0.15) is 17.7 Å². The van der Waals surface area contributed by atoms with Gasteiger partial charge in [0.2, 0.25) is 0 Å². The van der Waals surface area contributed by atoms with Crippen molar-refractivity contribution in [3.05, 3.63) is 101 Å². The number of hydrogen-bond donors (Lipinski definition) is 1. The maximum absolute atomic E-state index is 11.8. The van der Waals surface area contributed by atoms with E-state index in [1.807, 2.05) is 86.9 Å². The number of benzene rings is 2. The lowest BCUT2D eigenvalue weighted by molar-refractivity contribution is 0.124. The molecule has 0 aliphatic rings. The van der Waals surface area contributed by atoms with Crippen LogP contribution in [0.3, 0.4) is 0 Å². The van der Waals surface area contributed by atoms with E-state index in [-0.39, 0.29) is 0 Å². The van der Waals surface area contributed by atoms with Crippen molar-refractivity contribution >= 4 is 0 Å². The number of hydrogen-bond acceptors (Lipinski definition) is 2. The molecular weight excluding hydrogens is 282 g/mol. The minimum absolute atomic E-state index is 0.796. The highest BCUT2D eigenvalue weighted by atomic mass is 16.3. The summed E-state index contributed by atoms with van der Waals surface area (Å²) in [4.78, 5) is 2.12. The van der Waals surface area contributed by atoms with Gasteiger partial charge >= 0.3 is 0 Å². The molecule has 2 heteroatoms. The van der Waals surface area contributed by atoms with Crippen LogP contribution in [0.25, 0.3) is 0 Å². The molecule has 0 heterocycles. The third kappa shape index (κ3) is 2.96. The molecule has 23 heavy (non-hydrogen) atoms. The van der Waals surface area contributed by atoms with E-state index in [2.05, 4.69) is 11.0 Å². The average Bonchev–Trinajstić information content (AvgIpc) is 3.03. The summed E-state index contributed by atoms with van der Waals surface area (Å²) >= 11 is 0. The molecule has 0 saturated carbocycles. The summed E-state index contributed by atoms with van der Waals surface area (Å²) in [6, 6.07) is 25.9. The van der Waals surface area contributed by atoms with Crippen molar-refractivity contribution in [2.45, 2.75) is 12.1 Å². The van der Waals surface area contributed by atoms with E-state index in [0.717, 1.165) is 28.8 Å². The van der Waals surface area contributed by atoms with Crippen LogP contribution in [-0.2, 0) is 12.1 Å². The lowest BCUT2D eigenvalue weighted by atomic mass is 9.80. The Bertz CT molecular complexity index is 704. The predicted octanol–water partition coefficient (Wildman–Crippen LogP) is 3.75. The second kappa shape index (κ2) is 6.45. The van der Waals surface area contributed by atoms with Gasteiger partial charge in [0.15, 0.2) is 0 Å². The maximum atomic E-state index is 11.8. The van der Waals surface area contributed by atoms with Crippen molar-refractivity contribution in [1.82, 2.24) is 4.90 Å². The lowest BCUT2D eigenvalue weighted by Gasteiger charge is -2.35. The van der Waals surface area contributed by atoms with Crippen LogP contribution in [0, 0.1) is 0 Å². The Morgan fingerprint density at radius 1 is 0.870 bits per heavy atom. The van der Waals surface area contributed by atoms with Gasteiger partial charge in [-0.1, -0.05) is 60.7 Å². The molecule has 2 nitrogen and oxygen atoms in total. The first kappa shape index (κ1) is 15.6. The molecule has 3 rings (SSSR count). The van der Waals surface area contributed by atoms with E-state index < -0.39 is 5.60 Å². The smallest absolute Gasteiger partial charge is 0.118 e. The first-order chi connectivity index (χ1) is 11.1. The molecule has 118 valence electrons. The Hall–Kier alpha value is -2.29. The maximum Gasteiger partial charge on any atom is 0.118 e. The molecule has 0 radical (unpaired) electrons. The molecule has 0 aliphatic carbocycles. The standard InChI is InChI=1S/C21H22NO/c1-22(2)16-17-10-9-15-20(17)21(23,18-11-5-3-6-12-18)19-13-7-4-8-14-19/h3-15,23H,16H2,1-2H3/q-1. The van der Waals surface area contributed by atoms with Gasteiger partial charge in [0, 0.05) is 0 Å². The van der Waals surface area contributed by atoms with E-state index in [4.69, 9.17) is 0 Å². The van der Waals surface area contributed by atoms with Crippen molar-refractivity contribution in [3.63, 3.8) is 0 Å². The molecule has 0 amide bonds. The van der Waals surface area contributed by atoms with E-state index in [0.29, 0.717) is 0 Å². The Kier molecular flexibility index (Phi) is 4.37. The van der Waals surface area contributed by atoms with Gasteiger partial charge in [0.25, 0.3) is 0 Å². The van der Waals surface area contributed by atoms with Gasteiger partial charge in [-0.15, -0.1) is 5.56 Å². The molecular formula is C21H22NO-. The normalized spacial score (nSPS) is 11.8. The Balaban J connectivity index is 2.20. The van der Waals surface area contributed by atoms with Crippen molar-refractivity contribution in [3.8, 4) is 0 Å². The summed E-state index contributed by atoms with van der Waals surface area (Å²) in [5.41, 5.74) is 2.72. The monoisotopic (exact) mass is 304 g/mol. The van der Waals surface area contributed by atoms with Crippen molar-refractivity contribution in [1.29, 1.82) is 0 Å². The topological polar surface area (TPSA) is 23.5 Å². The summed E-state index contributed by atoms with van der Waals surface area (Å²) in [6.45, 7) is 0.796. The van der Waals surface area contributed by atoms with Crippen LogP contribution in [0.5, 0.6) is 0 Å². The highest BCUT2D eigenvalue weighted by Gasteiger charge is 2.31. The van der Waals surface area contributed by atoms with Crippen LogP contribution >= 0.6 is 0 Å². The van der Waals surface area contributed by atoms with Crippen molar-refractivity contribution in [2.75, 3.05) is 14.1 Å². The first-order valence-electron chi connectivity index (χ1n) is 7.85. The Morgan fingerprint density at radius 2 is 1.39 bits per heavy atom. The molecule has 0 atom stereocenters. The summed E-state index contributed by atoms with van der Waals surface area (Å²) in [6.07, 6.45) is 0. The fourth-order valence-corrected chi connectivity index (χ4v) is 3.13. The van der Waals surface area contributed by atoms with Crippen molar-refractivity contribution in [2.24, 2.45) is 0 Å². The van der Waals surface area contributed by atoms with Gasteiger partial charge < -0.3 is 10.0 Å². The molecule has 3 aromatic rings. The Labute approximate surface area is 138 Å². The van der Waals surface area contributed by atoms with E-state index in [9.17, 15) is 5.11 Å². The summed E-state index contributed by atoms with van der Waals surface area (Å²) in [5, 5.41) is 11.8. The van der Waals surface area contributed by atoms with Crippen LogP contribution in [0.15, 0.2) is 78.9 Å². The second-order valence-electron chi connectivity index (χ2n) is 6.14. The molecule has 0 aromatic heterocycles. The Morgan fingerprint density at radius 3 is 1.87 bits per heavy atom. The molecule has 3 aromatic carbocycles. The minimum Gasteiger partial charge on any atom is -0.378 e. The summed E-state index contributed by atoms with van der Waals surface area (Å²) < 4.78 is 0. The van der Waals surface area contributed by atoms with Crippen LogP contribution < -0.4 is 0 Å². The fraction of sp³-hybridized carbons (Fsp3) is 0.190. The lowest BCUT2D eigenvalue weighted by Crippen LogP contribution is -2.30. The number of aliphatic hydroxyl groups is 1. The molecule has 0 unspecified atom stereocenters. The molecule has 0 bridgehead atoms. The number of nitrogens with zero attached hydrogens (tertiary/aromatic N) is 1.